The van der Waals surface area contributed by atoms with E-state index in [2.05, 4.69) is 4.84 Å². The zero-order valence-electron chi connectivity index (χ0n) is 10.2. The van der Waals surface area contributed by atoms with Crippen LogP contribution in [0.15, 0.2) is 12.2 Å². The van der Waals surface area contributed by atoms with E-state index >= 15 is 0 Å². The molecule has 0 saturated carbocycles. The lowest BCUT2D eigenvalue weighted by Gasteiger charge is -2.10. The van der Waals surface area contributed by atoms with Gasteiger partial charge in [0.25, 0.3) is 23.6 Å². The Hall–Kier alpha value is -2.51. The number of hydroxylamine groups is 2. The summed E-state index contributed by atoms with van der Waals surface area (Å²) < 4.78 is 0. The molecule has 2 aliphatic rings. The Morgan fingerprint density at radius 3 is 1.95 bits per heavy atom. The summed E-state index contributed by atoms with van der Waals surface area (Å²) in [5, 5.41) is 2.58. The summed E-state index contributed by atoms with van der Waals surface area (Å²) in [6.07, 6.45) is 2.81. The average molecular weight is 268 g/mol. The minimum absolute atomic E-state index is 0.135. The number of imide groups is 2. The number of nitrogens with zero attached hydrogens (tertiary/aromatic N) is 1. The predicted octanol–water partition coefficient (Wildman–Crippen LogP) is -0.797. The Kier molecular flexibility index (Phi) is 4.92. The normalized spacial score (nSPS) is 17.2. The fourth-order valence-electron chi connectivity index (χ4n) is 1.18. The third-order valence-electron chi connectivity index (χ3n) is 2.12. The smallest absolute Gasteiger partial charge is 0.330 e. The van der Waals surface area contributed by atoms with Crippen molar-refractivity contribution < 1.29 is 28.8 Å². The van der Waals surface area contributed by atoms with E-state index in [1.54, 1.807) is 6.92 Å². The van der Waals surface area contributed by atoms with Gasteiger partial charge in [0, 0.05) is 31.4 Å². The Morgan fingerprint density at radius 2 is 1.63 bits per heavy atom. The second-order valence-electron chi connectivity index (χ2n) is 3.59. The fourth-order valence-corrected chi connectivity index (χ4v) is 1.18. The minimum Gasteiger partial charge on any atom is -0.330 e. The number of hydrogen-bond donors (Lipinski definition) is 1. The number of nitrogens with one attached hydrogen (secondary N) is 1. The number of hydrogen-bond acceptors (Lipinski definition) is 6. The minimum atomic E-state index is -0.571. The van der Waals surface area contributed by atoms with Gasteiger partial charge >= 0.3 is 5.97 Å². The second kappa shape index (κ2) is 6.43. The molecule has 0 aromatic rings. The van der Waals surface area contributed by atoms with Crippen molar-refractivity contribution in [3.8, 4) is 0 Å². The number of rotatable bonds is 2. The highest BCUT2D eigenvalue weighted by Gasteiger charge is 2.32. The summed E-state index contributed by atoms with van der Waals surface area (Å²) in [5.74, 6) is -2.11. The molecule has 0 aromatic heterocycles. The molecule has 2 heterocycles. The molecular formula is C11H12N2O6. The molecule has 1 fully saturated rings. The second-order valence-corrected chi connectivity index (χ2v) is 3.59. The zero-order valence-corrected chi connectivity index (χ0v) is 10.2. The maximum Gasteiger partial charge on any atom is 0.332 e. The number of carbonyl (C=O) groups is 5. The van der Waals surface area contributed by atoms with Crippen molar-refractivity contribution in [1.82, 2.24) is 10.4 Å². The van der Waals surface area contributed by atoms with Gasteiger partial charge in [0.15, 0.2) is 0 Å². The van der Waals surface area contributed by atoms with Crippen molar-refractivity contribution >= 4 is 29.6 Å². The third-order valence-corrected chi connectivity index (χ3v) is 2.12. The molecule has 1 saturated heterocycles. The molecule has 2 aliphatic heterocycles. The predicted molar refractivity (Wildman–Crippen MR) is 59.8 cm³/mol. The molecule has 0 aliphatic carbocycles. The molecule has 0 aromatic carbocycles. The van der Waals surface area contributed by atoms with E-state index in [4.69, 9.17) is 0 Å². The third kappa shape index (κ3) is 4.34. The van der Waals surface area contributed by atoms with Crippen LogP contribution in [0.1, 0.15) is 26.2 Å². The maximum absolute atomic E-state index is 10.9. The van der Waals surface area contributed by atoms with E-state index in [0.29, 0.717) is 5.06 Å². The van der Waals surface area contributed by atoms with Crippen LogP contribution in [0.25, 0.3) is 0 Å². The Morgan fingerprint density at radius 1 is 1.16 bits per heavy atom. The SMILES string of the molecule is CCC(=O)ON1C(=O)CCC1=O.O=C1C=CC(=O)N1. The van der Waals surface area contributed by atoms with Crippen LogP contribution in [0.4, 0.5) is 0 Å². The molecule has 4 amide bonds. The van der Waals surface area contributed by atoms with Gasteiger partial charge in [-0.05, 0) is 0 Å². The van der Waals surface area contributed by atoms with Gasteiger partial charge in [0.1, 0.15) is 0 Å². The topological polar surface area (TPSA) is 110 Å². The molecule has 102 valence electrons. The fraction of sp³-hybridized carbons (Fsp3) is 0.364. The van der Waals surface area contributed by atoms with Crippen molar-refractivity contribution in [3.63, 3.8) is 0 Å². The molecule has 8 heteroatoms. The molecule has 19 heavy (non-hydrogen) atoms. The molecule has 0 bridgehead atoms. The van der Waals surface area contributed by atoms with E-state index in [1.807, 2.05) is 5.32 Å². The molecule has 0 atom stereocenters. The molecule has 8 nitrogen and oxygen atoms in total. The highest BCUT2D eigenvalue weighted by atomic mass is 16.7. The van der Waals surface area contributed by atoms with Gasteiger partial charge in [-0.2, -0.15) is 0 Å². The standard InChI is InChI=1S/C7H9NO4.C4H3NO2/c1-2-7(11)12-8-5(9)3-4-6(8)10;6-3-1-2-4(7)5-3/h2-4H2,1H3;1-2H,(H,5,6,7). The van der Waals surface area contributed by atoms with Gasteiger partial charge in [-0.15, -0.1) is 5.06 Å². The van der Waals surface area contributed by atoms with Crippen molar-refractivity contribution in [2.24, 2.45) is 0 Å². The zero-order chi connectivity index (χ0) is 14.4. The first kappa shape index (κ1) is 14.6. The average Bonchev–Trinajstić information content (AvgIpc) is 2.89. The summed E-state index contributed by atoms with van der Waals surface area (Å²) in [4.78, 5) is 57.0. The lowest BCUT2D eigenvalue weighted by atomic mass is 10.4. The number of carbonyl (C=O) groups excluding carboxylic acids is 5. The lowest BCUT2D eigenvalue weighted by Crippen LogP contribution is -2.31. The maximum atomic E-state index is 10.9. The lowest BCUT2D eigenvalue weighted by molar-refractivity contribution is -0.197. The molecule has 2 rings (SSSR count). The summed E-state index contributed by atoms with van der Waals surface area (Å²) >= 11 is 0. The molecule has 1 N–H and O–H groups in total. The van der Waals surface area contributed by atoms with Crippen molar-refractivity contribution in [2.75, 3.05) is 0 Å². The van der Waals surface area contributed by atoms with E-state index in [0.717, 1.165) is 0 Å². The summed E-state index contributed by atoms with van der Waals surface area (Å²) in [7, 11) is 0. The number of amides is 4. The van der Waals surface area contributed by atoms with Crippen LogP contribution in [0.3, 0.4) is 0 Å². The largest absolute Gasteiger partial charge is 0.332 e. The highest BCUT2D eigenvalue weighted by molar-refractivity contribution is 6.12. The molecular weight excluding hydrogens is 256 g/mol. The molecule has 0 radical (unpaired) electrons. The van der Waals surface area contributed by atoms with Gasteiger partial charge in [0.2, 0.25) is 0 Å². The van der Waals surface area contributed by atoms with E-state index < -0.39 is 17.8 Å². The first-order chi connectivity index (χ1) is 8.93. The van der Waals surface area contributed by atoms with Crippen molar-refractivity contribution in [1.29, 1.82) is 0 Å². The Labute approximate surface area is 108 Å². The van der Waals surface area contributed by atoms with Gasteiger partial charge in [-0.3, -0.25) is 24.5 Å². The van der Waals surface area contributed by atoms with E-state index in [-0.39, 0.29) is 31.1 Å². The van der Waals surface area contributed by atoms with Crippen LogP contribution in [0.2, 0.25) is 0 Å². The molecule has 0 spiro atoms. The van der Waals surface area contributed by atoms with Crippen LogP contribution in [0.5, 0.6) is 0 Å². The monoisotopic (exact) mass is 268 g/mol. The molecule has 0 unspecified atom stereocenters. The van der Waals surface area contributed by atoms with Crippen LogP contribution >= 0.6 is 0 Å². The van der Waals surface area contributed by atoms with Gasteiger partial charge in [0.05, 0.1) is 0 Å². The van der Waals surface area contributed by atoms with Gasteiger partial charge < -0.3 is 4.84 Å². The van der Waals surface area contributed by atoms with Gasteiger partial charge in [-0.25, -0.2) is 4.79 Å². The van der Waals surface area contributed by atoms with Crippen LogP contribution in [-0.4, -0.2) is 34.7 Å². The quantitative estimate of drug-likeness (QED) is 0.657. The summed E-state index contributed by atoms with van der Waals surface area (Å²) in [6.45, 7) is 1.59. The van der Waals surface area contributed by atoms with E-state index in [9.17, 15) is 24.0 Å². The van der Waals surface area contributed by atoms with Crippen molar-refractivity contribution in [3.05, 3.63) is 12.2 Å². The highest BCUT2D eigenvalue weighted by Crippen LogP contribution is 2.12. The van der Waals surface area contributed by atoms with Crippen LogP contribution < -0.4 is 5.32 Å². The summed E-state index contributed by atoms with van der Waals surface area (Å²) in [6, 6.07) is 0. The van der Waals surface area contributed by atoms with Crippen LogP contribution in [0, 0.1) is 0 Å². The van der Waals surface area contributed by atoms with Crippen molar-refractivity contribution in [2.45, 2.75) is 26.2 Å². The Bertz CT molecular complexity index is 436. The first-order valence-electron chi connectivity index (χ1n) is 5.53. The first-order valence-corrected chi connectivity index (χ1v) is 5.53. The van der Waals surface area contributed by atoms with Crippen LogP contribution in [-0.2, 0) is 28.8 Å². The van der Waals surface area contributed by atoms with Gasteiger partial charge in [-0.1, -0.05) is 6.92 Å². The summed E-state index contributed by atoms with van der Waals surface area (Å²) in [5.41, 5.74) is 0. The van der Waals surface area contributed by atoms with E-state index in [1.165, 1.54) is 12.2 Å². The Balaban J connectivity index is 0.000000218.